The molecule has 0 aromatic heterocycles. The molecule has 0 N–H and O–H groups in total. The van der Waals surface area contributed by atoms with Crippen LogP contribution in [-0.4, -0.2) is 110 Å². The highest BCUT2D eigenvalue weighted by molar-refractivity contribution is 5.69. The second-order valence-corrected chi connectivity index (χ2v) is 9.57. The fraction of sp³-hybridized carbons (Fsp3) is 0.731. The van der Waals surface area contributed by atoms with Crippen molar-refractivity contribution in [2.75, 3.05) is 13.2 Å². The monoisotopic (exact) mass is 620 g/mol. The van der Waals surface area contributed by atoms with Gasteiger partial charge >= 0.3 is 41.8 Å². The molecule has 0 radical (unpaired) electrons. The van der Waals surface area contributed by atoms with Crippen LogP contribution < -0.4 is 0 Å². The Morgan fingerprint density at radius 2 is 0.953 bits per heavy atom. The number of ether oxygens (including phenoxy) is 10. The van der Waals surface area contributed by atoms with E-state index >= 15 is 0 Å². The van der Waals surface area contributed by atoms with Gasteiger partial charge in [-0.3, -0.25) is 33.6 Å². The highest BCUT2D eigenvalue weighted by atomic mass is 16.8. The molecule has 17 nitrogen and oxygen atoms in total. The Morgan fingerprint density at radius 3 is 1.42 bits per heavy atom. The Bertz CT molecular complexity index is 1060. The highest BCUT2D eigenvalue weighted by Gasteiger charge is 2.54. The number of rotatable bonds is 11. The molecule has 0 spiro atoms. The van der Waals surface area contributed by atoms with Gasteiger partial charge in [-0.05, 0) is 0 Å². The largest absolute Gasteiger partial charge is 0.463 e. The molecule has 17 heteroatoms. The first-order valence-electron chi connectivity index (χ1n) is 13.2. The summed E-state index contributed by atoms with van der Waals surface area (Å²) < 4.78 is 54.6. The molecule has 2 fully saturated rings. The van der Waals surface area contributed by atoms with Gasteiger partial charge in [0.15, 0.2) is 18.5 Å². The van der Waals surface area contributed by atoms with Crippen molar-refractivity contribution in [3.8, 4) is 0 Å². The zero-order valence-corrected chi connectivity index (χ0v) is 24.8. The molecule has 0 saturated carbocycles. The molecule has 9 atom stereocenters. The van der Waals surface area contributed by atoms with Crippen LogP contribution in [0, 0.1) is 0 Å². The van der Waals surface area contributed by atoms with Crippen molar-refractivity contribution in [1.29, 1.82) is 0 Å². The Hall–Kier alpha value is -3.83. The van der Waals surface area contributed by atoms with Crippen LogP contribution in [0.5, 0.6) is 0 Å². The van der Waals surface area contributed by atoms with Crippen LogP contribution in [0.2, 0.25) is 0 Å². The Balaban J connectivity index is 2.53. The molecule has 2 rings (SSSR count). The van der Waals surface area contributed by atoms with Crippen LogP contribution in [0.3, 0.4) is 0 Å². The minimum atomic E-state index is -1.61. The van der Waals surface area contributed by atoms with Gasteiger partial charge in [-0.15, -0.1) is 0 Å². The van der Waals surface area contributed by atoms with Gasteiger partial charge in [-0.1, -0.05) is 0 Å². The lowest BCUT2D eigenvalue weighted by Gasteiger charge is -2.46. The van der Waals surface area contributed by atoms with Crippen LogP contribution in [0.4, 0.5) is 0 Å². The maximum Gasteiger partial charge on any atom is 0.305 e. The van der Waals surface area contributed by atoms with Crippen LogP contribution in [0.25, 0.3) is 0 Å². The van der Waals surface area contributed by atoms with Gasteiger partial charge in [-0.25, -0.2) is 0 Å². The van der Waals surface area contributed by atoms with Crippen molar-refractivity contribution in [3.63, 3.8) is 0 Å². The predicted molar refractivity (Wildman–Crippen MR) is 134 cm³/mol. The standard InChI is InChI=1S/C26H36O17/c1-11(27)34-9-19-22(37-14(4)30)18(36-13(3)29)8-21(41-19)43-23-20(10-35-12(2)28)42-26(40-17(7)33)25(39-16(6)32)24(23)38-15(5)31/h18-26H,8-10H2,1-7H3/t18-,19?,20-,21+,22-,23-,24+,25-,26+/m1/s1. The minimum Gasteiger partial charge on any atom is -0.463 e. The predicted octanol–water partition coefficient (Wildman–Crippen LogP) is -0.372. The molecular weight excluding hydrogens is 584 g/mol. The van der Waals surface area contributed by atoms with E-state index in [0.717, 1.165) is 48.5 Å². The summed E-state index contributed by atoms with van der Waals surface area (Å²) in [5, 5.41) is 0. The van der Waals surface area contributed by atoms with Crippen molar-refractivity contribution in [2.24, 2.45) is 0 Å². The molecule has 0 aliphatic carbocycles. The van der Waals surface area contributed by atoms with Gasteiger partial charge in [0.1, 0.15) is 37.6 Å². The van der Waals surface area contributed by atoms with Gasteiger partial charge in [0, 0.05) is 54.9 Å². The second kappa shape index (κ2) is 16.1. The van der Waals surface area contributed by atoms with Crippen molar-refractivity contribution in [1.82, 2.24) is 0 Å². The minimum absolute atomic E-state index is 0.261. The third kappa shape index (κ3) is 11.4. The van der Waals surface area contributed by atoms with Crippen LogP contribution in [-0.2, 0) is 80.9 Å². The van der Waals surface area contributed by atoms with E-state index < -0.39 is 110 Å². The van der Waals surface area contributed by atoms with Gasteiger partial charge < -0.3 is 47.4 Å². The quantitative estimate of drug-likeness (QED) is 0.213. The van der Waals surface area contributed by atoms with E-state index in [1.807, 2.05) is 0 Å². The smallest absolute Gasteiger partial charge is 0.305 e. The van der Waals surface area contributed by atoms with E-state index in [2.05, 4.69) is 0 Å². The molecule has 0 aromatic carbocycles. The van der Waals surface area contributed by atoms with Crippen molar-refractivity contribution >= 4 is 41.8 Å². The topological polar surface area (TPSA) is 212 Å². The van der Waals surface area contributed by atoms with Crippen molar-refractivity contribution in [3.05, 3.63) is 0 Å². The maximum atomic E-state index is 12.2. The molecule has 242 valence electrons. The summed E-state index contributed by atoms with van der Waals surface area (Å²) in [5.74, 6) is -5.42. The first-order valence-corrected chi connectivity index (χ1v) is 13.2. The molecule has 2 saturated heterocycles. The second-order valence-electron chi connectivity index (χ2n) is 9.57. The van der Waals surface area contributed by atoms with Crippen LogP contribution in [0.1, 0.15) is 54.9 Å². The van der Waals surface area contributed by atoms with E-state index in [1.54, 1.807) is 0 Å². The molecule has 0 bridgehead atoms. The zero-order valence-electron chi connectivity index (χ0n) is 24.8. The fourth-order valence-electron chi connectivity index (χ4n) is 4.44. The van der Waals surface area contributed by atoms with E-state index in [9.17, 15) is 33.6 Å². The lowest BCUT2D eigenvalue weighted by molar-refractivity contribution is -0.339. The zero-order chi connectivity index (χ0) is 32.4. The molecule has 0 amide bonds. The van der Waals surface area contributed by atoms with Gasteiger partial charge in [0.2, 0.25) is 12.4 Å². The molecule has 43 heavy (non-hydrogen) atoms. The van der Waals surface area contributed by atoms with Gasteiger partial charge in [0.05, 0.1) is 0 Å². The molecular formula is C26H36O17. The Morgan fingerprint density at radius 1 is 0.512 bits per heavy atom. The summed E-state index contributed by atoms with van der Waals surface area (Å²) in [5.41, 5.74) is 0. The van der Waals surface area contributed by atoms with Crippen LogP contribution >= 0.6 is 0 Å². The van der Waals surface area contributed by atoms with E-state index in [0.29, 0.717) is 0 Å². The van der Waals surface area contributed by atoms with E-state index in [1.165, 1.54) is 0 Å². The Labute approximate surface area is 246 Å². The van der Waals surface area contributed by atoms with Crippen molar-refractivity contribution < 1.29 is 80.9 Å². The first kappa shape index (κ1) is 35.4. The maximum absolute atomic E-state index is 12.2. The SMILES string of the molecule is CC(=O)OCC1O[C@@H](O[C@H]2[C@H](OC(C)=O)[C@@H](OC(C)=O)[C@@H](OC(C)=O)O[C@@H]2COC(C)=O)C[C@@H](OC(C)=O)[C@H]1OC(C)=O. The number of carbonyl (C=O) groups is 7. The molecule has 1 unspecified atom stereocenters. The summed E-state index contributed by atoms with van der Waals surface area (Å²) in [4.78, 5) is 82.9. The lowest BCUT2D eigenvalue weighted by Crippen LogP contribution is -2.64. The fourth-order valence-corrected chi connectivity index (χ4v) is 4.44. The first-order chi connectivity index (χ1) is 20.1. The third-order valence-corrected chi connectivity index (χ3v) is 5.79. The molecule has 2 heterocycles. The summed E-state index contributed by atoms with van der Waals surface area (Å²) in [6, 6.07) is 0. The van der Waals surface area contributed by atoms with E-state index in [4.69, 9.17) is 47.4 Å². The highest BCUT2D eigenvalue weighted by Crippen LogP contribution is 2.34. The van der Waals surface area contributed by atoms with Gasteiger partial charge in [0.25, 0.3) is 0 Å². The lowest BCUT2D eigenvalue weighted by atomic mass is 9.97. The summed E-state index contributed by atoms with van der Waals surface area (Å²) >= 11 is 0. The van der Waals surface area contributed by atoms with Gasteiger partial charge in [-0.2, -0.15) is 0 Å². The average molecular weight is 621 g/mol. The summed E-state index contributed by atoms with van der Waals surface area (Å²) in [6.45, 7) is 6.73. The van der Waals surface area contributed by atoms with E-state index in [-0.39, 0.29) is 6.42 Å². The number of hydrogen-bond donors (Lipinski definition) is 0. The number of hydrogen-bond acceptors (Lipinski definition) is 17. The number of carbonyl (C=O) groups excluding carboxylic acids is 7. The summed E-state index contributed by atoms with van der Waals surface area (Å²) in [7, 11) is 0. The molecule has 0 aromatic rings. The van der Waals surface area contributed by atoms with Crippen molar-refractivity contribution in [2.45, 2.75) is 110 Å². The third-order valence-electron chi connectivity index (χ3n) is 5.79. The summed E-state index contributed by atoms with van der Waals surface area (Å²) in [6.07, 6.45) is -12.6. The van der Waals surface area contributed by atoms with Crippen LogP contribution in [0.15, 0.2) is 0 Å². The normalized spacial score (nSPS) is 30.2. The molecule has 2 aliphatic heterocycles. The average Bonchev–Trinajstić information content (AvgIpc) is 2.85. The Kier molecular flexibility index (Phi) is 13.3. The number of esters is 7. The molecule has 2 aliphatic rings.